The molecule has 0 unspecified atom stereocenters. The molecule has 2 aromatic carbocycles. The second kappa shape index (κ2) is 5.96. The lowest BCUT2D eigenvalue weighted by Gasteiger charge is -2.11. The molecule has 0 saturated heterocycles. The smallest absolute Gasteiger partial charge is 0.165 e. The van der Waals surface area contributed by atoms with Gasteiger partial charge in [-0.15, -0.1) is 0 Å². The van der Waals surface area contributed by atoms with E-state index < -0.39 is 5.82 Å². The van der Waals surface area contributed by atoms with Crippen molar-refractivity contribution in [2.45, 2.75) is 11.9 Å². The number of para-hydroxylation sites is 1. The van der Waals surface area contributed by atoms with Gasteiger partial charge >= 0.3 is 0 Å². The molecule has 4 heteroatoms. The molecule has 94 valence electrons. The molecule has 18 heavy (non-hydrogen) atoms. The van der Waals surface area contributed by atoms with Crippen LogP contribution in [0.4, 0.5) is 8.78 Å². The Hall–Kier alpha value is -1.42. The minimum absolute atomic E-state index is 0.138. The van der Waals surface area contributed by atoms with Crippen LogP contribution in [0.25, 0.3) is 0 Å². The Bertz CT molecular complexity index is 543. The molecule has 0 aliphatic carbocycles. The van der Waals surface area contributed by atoms with Crippen molar-refractivity contribution in [3.05, 3.63) is 65.2 Å². The van der Waals surface area contributed by atoms with Gasteiger partial charge in [-0.25, -0.2) is 8.78 Å². The minimum Gasteiger partial charge on any atom is -0.486 e. The van der Waals surface area contributed by atoms with Crippen LogP contribution in [0.5, 0.6) is 5.75 Å². The van der Waals surface area contributed by atoms with Crippen molar-refractivity contribution in [3.8, 4) is 5.75 Å². The summed E-state index contributed by atoms with van der Waals surface area (Å²) in [6.07, 6.45) is 0. The normalized spacial score (nSPS) is 10.4. The zero-order chi connectivity index (χ0) is 13.0. The molecule has 0 aliphatic heterocycles. The standard InChI is InChI=1S/C14H11BrF2O/c15-8-11-4-2-6-13(17)14(11)18-9-10-3-1-5-12(16)7-10/h1-7H,8-9H2. The summed E-state index contributed by atoms with van der Waals surface area (Å²) in [6.45, 7) is 0.138. The molecule has 0 heterocycles. The van der Waals surface area contributed by atoms with E-state index in [2.05, 4.69) is 15.9 Å². The molecule has 0 bridgehead atoms. The zero-order valence-electron chi connectivity index (χ0n) is 9.50. The van der Waals surface area contributed by atoms with Crippen molar-refractivity contribution in [2.75, 3.05) is 0 Å². The number of alkyl halides is 1. The lowest BCUT2D eigenvalue weighted by Crippen LogP contribution is -2.00. The average Bonchev–Trinajstić information content (AvgIpc) is 2.37. The largest absolute Gasteiger partial charge is 0.486 e. The van der Waals surface area contributed by atoms with Gasteiger partial charge in [-0.3, -0.25) is 0 Å². The van der Waals surface area contributed by atoms with Gasteiger partial charge in [0.15, 0.2) is 11.6 Å². The number of hydrogen-bond acceptors (Lipinski definition) is 1. The van der Waals surface area contributed by atoms with Crippen molar-refractivity contribution >= 4 is 15.9 Å². The second-order valence-electron chi connectivity index (χ2n) is 3.78. The molecule has 0 saturated carbocycles. The van der Waals surface area contributed by atoms with Gasteiger partial charge in [0.2, 0.25) is 0 Å². The van der Waals surface area contributed by atoms with Crippen molar-refractivity contribution in [2.24, 2.45) is 0 Å². The predicted octanol–water partition coefficient (Wildman–Crippen LogP) is 4.44. The maximum Gasteiger partial charge on any atom is 0.165 e. The van der Waals surface area contributed by atoms with E-state index in [0.29, 0.717) is 10.9 Å². The summed E-state index contributed by atoms with van der Waals surface area (Å²) in [4.78, 5) is 0. The predicted molar refractivity (Wildman–Crippen MR) is 69.8 cm³/mol. The van der Waals surface area contributed by atoms with E-state index >= 15 is 0 Å². The summed E-state index contributed by atoms with van der Waals surface area (Å²) in [7, 11) is 0. The van der Waals surface area contributed by atoms with E-state index in [1.165, 1.54) is 18.2 Å². The SMILES string of the molecule is Fc1cccc(COc2c(F)cccc2CBr)c1. The van der Waals surface area contributed by atoms with Gasteiger partial charge < -0.3 is 4.74 Å². The van der Waals surface area contributed by atoms with Crippen molar-refractivity contribution in [1.82, 2.24) is 0 Å². The third-order valence-electron chi connectivity index (χ3n) is 2.46. The van der Waals surface area contributed by atoms with Crippen LogP contribution in [-0.2, 0) is 11.9 Å². The topological polar surface area (TPSA) is 9.23 Å². The Kier molecular flexibility index (Phi) is 4.31. The third kappa shape index (κ3) is 3.07. The highest BCUT2D eigenvalue weighted by Crippen LogP contribution is 2.25. The molecule has 0 radical (unpaired) electrons. The Morgan fingerprint density at radius 2 is 1.83 bits per heavy atom. The molecule has 2 rings (SSSR count). The number of hydrogen-bond donors (Lipinski definition) is 0. The molecule has 0 aromatic heterocycles. The van der Waals surface area contributed by atoms with Gasteiger partial charge in [0, 0.05) is 10.9 Å². The lowest BCUT2D eigenvalue weighted by atomic mass is 10.2. The molecule has 0 aliphatic rings. The second-order valence-corrected chi connectivity index (χ2v) is 4.34. The van der Waals surface area contributed by atoms with E-state index in [0.717, 1.165) is 5.56 Å². The van der Waals surface area contributed by atoms with Crippen LogP contribution in [0.2, 0.25) is 0 Å². The molecule has 0 fully saturated rings. The van der Waals surface area contributed by atoms with Crippen molar-refractivity contribution in [1.29, 1.82) is 0 Å². The van der Waals surface area contributed by atoms with Gasteiger partial charge in [0.05, 0.1) is 0 Å². The fourth-order valence-corrected chi connectivity index (χ4v) is 2.04. The van der Waals surface area contributed by atoms with Crippen LogP contribution >= 0.6 is 15.9 Å². The highest BCUT2D eigenvalue weighted by atomic mass is 79.9. The van der Waals surface area contributed by atoms with Crippen LogP contribution < -0.4 is 4.74 Å². The van der Waals surface area contributed by atoms with Crippen LogP contribution in [0.3, 0.4) is 0 Å². The fraction of sp³-hybridized carbons (Fsp3) is 0.143. The first-order valence-electron chi connectivity index (χ1n) is 5.41. The lowest BCUT2D eigenvalue weighted by molar-refractivity contribution is 0.287. The summed E-state index contributed by atoms with van der Waals surface area (Å²) in [5, 5.41) is 0.503. The molecule has 0 N–H and O–H groups in total. The van der Waals surface area contributed by atoms with E-state index in [1.54, 1.807) is 24.3 Å². The molecule has 0 amide bonds. The first-order valence-corrected chi connectivity index (χ1v) is 6.53. The van der Waals surface area contributed by atoms with Crippen molar-refractivity contribution < 1.29 is 13.5 Å². The summed E-state index contributed by atoms with van der Waals surface area (Å²) >= 11 is 3.27. The zero-order valence-corrected chi connectivity index (χ0v) is 11.1. The molecule has 1 nitrogen and oxygen atoms in total. The first kappa shape index (κ1) is 13.0. The van der Waals surface area contributed by atoms with Gasteiger partial charge in [0.25, 0.3) is 0 Å². The average molecular weight is 313 g/mol. The maximum atomic E-state index is 13.6. The Labute approximate surface area is 113 Å². The monoisotopic (exact) mass is 312 g/mol. The van der Waals surface area contributed by atoms with Crippen LogP contribution in [0.1, 0.15) is 11.1 Å². The highest BCUT2D eigenvalue weighted by Gasteiger charge is 2.09. The molecular weight excluding hydrogens is 302 g/mol. The number of benzene rings is 2. The van der Waals surface area contributed by atoms with E-state index in [4.69, 9.17) is 4.74 Å². The minimum atomic E-state index is -0.414. The molecule has 0 spiro atoms. The fourth-order valence-electron chi connectivity index (χ4n) is 1.60. The molecular formula is C14H11BrF2O. The van der Waals surface area contributed by atoms with E-state index in [1.807, 2.05) is 0 Å². The summed E-state index contributed by atoms with van der Waals surface area (Å²) in [6, 6.07) is 10.8. The third-order valence-corrected chi connectivity index (χ3v) is 3.07. The summed E-state index contributed by atoms with van der Waals surface area (Å²) < 4.78 is 32.0. The highest BCUT2D eigenvalue weighted by molar-refractivity contribution is 9.08. The first-order chi connectivity index (χ1) is 8.70. The number of halogens is 3. The number of ether oxygens (including phenoxy) is 1. The van der Waals surface area contributed by atoms with Gasteiger partial charge in [-0.2, -0.15) is 0 Å². The van der Waals surface area contributed by atoms with E-state index in [9.17, 15) is 8.78 Å². The Morgan fingerprint density at radius 1 is 1.06 bits per heavy atom. The Balaban J connectivity index is 2.15. The Morgan fingerprint density at radius 3 is 2.56 bits per heavy atom. The molecule has 2 aromatic rings. The van der Waals surface area contributed by atoms with Crippen LogP contribution in [-0.4, -0.2) is 0 Å². The van der Waals surface area contributed by atoms with Crippen molar-refractivity contribution in [3.63, 3.8) is 0 Å². The summed E-state index contributed by atoms with van der Waals surface area (Å²) in [5.41, 5.74) is 1.39. The summed E-state index contributed by atoms with van der Waals surface area (Å²) in [5.74, 6) is -0.535. The van der Waals surface area contributed by atoms with Gasteiger partial charge in [-0.1, -0.05) is 40.2 Å². The van der Waals surface area contributed by atoms with Gasteiger partial charge in [-0.05, 0) is 23.8 Å². The molecule has 0 atom stereocenters. The van der Waals surface area contributed by atoms with Crippen LogP contribution in [0, 0.1) is 11.6 Å². The quantitative estimate of drug-likeness (QED) is 0.758. The van der Waals surface area contributed by atoms with E-state index in [-0.39, 0.29) is 18.2 Å². The maximum absolute atomic E-state index is 13.6. The number of rotatable bonds is 4. The van der Waals surface area contributed by atoms with Gasteiger partial charge in [0.1, 0.15) is 12.4 Å². The van der Waals surface area contributed by atoms with Crippen LogP contribution in [0.15, 0.2) is 42.5 Å².